The van der Waals surface area contributed by atoms with Crippen molar-refractivity contribution in [1.82, 2.24) is 0 Å². The smallest absolute Gasteiger partial charge is 0.262 e. The quantitative estimate of drug-likeness (QED) is 0.564. The fraction of sp³-hybridized carbons (Fsp3) is 0.0909. The Kier molecular flexibility index (Phi) is 6.81. The lowest BCUT2D eigenvalue weighted by atomic mass is 10.1. The fourth-order valence-corrected chi connectivity index (χ4v) is 2.79. The Balaban J connectivity index is 1.51. The van der Waals surface area contributed by atoms with Crippen LogP contribution in [0, 0.1) is 0 Å². The van der Waals surface area contributed by atoms with Crippen molar-refractivity contribution in [3.8, 4) is 5.75 Å². The van der Waals surface area contributed by atoms with Crippen LogP contribution in [0.5, 0.6) is 5.75 Å². The molecule has 0 heterocycles. The van der Waals surface area contributed by atoms with E-state index in [1.165, 1.54) is 0 Å². The molecule has 0 bridgehead atoms. The van der Waals surface area contributed by atoms with Gasteiger partial charge in [-0.3, -0.25) is 9.59 Å². The highest BCUT2D eigenvalue weighted by atomic mass is 79.9. The lowest BCUT2D eigenvalue weighted by Gasteiger charge is -2.10. The van der Waals surface area contributed by atoms with Crippen LogP contribution in [0.4, 0.5) is 11.4 Å². The first kappa shape index (κ1) is 19.6. The summed E-state index contributed by atoms with van der Waals surface area (Å²) in [6.07, 6.45) is 0.276. The van der Waals surface area contributed by atoms with Gasteiger partial charge in [0.15, 0.2) is 6.61 Å². The van der Waals surface area contributed by atoms with Crippen molar-refractivity contribution in [2.75, 3.05) is 17.2 Å². The van der Waals surface area contributed by atoms with Crippen LogP contribution in [0.2, 0.25) is 0 Å². The van der Waals surface area contributed by atoms with Crippen LogP contribution in [0.25, 0.3) is 0 Å². The van der Waals surface area contributed by atoms with E-state index < -0.39 is 0 Å². The highest BCUT2D eigenvalue weighted by Crippen LogP contribution is 2.18. The van der Waals surface area contributed by atoms with Gasteiger partial charge in [-0.15, -0.1) is 0 Å². The normalized spacial score (nSPS) is 10.2. The first-order valence-corrected chi connectivity index (χ1v) is 9.50. The molecule has 3 aromatic rings. The van der Waals surface area contributed by atoms with Gasteiger partial charge in [-0.25, -0.2) is 0 Å². The number of benzene rings is 3. The van der Waals surface area contributed by atoms with Crippen LogP contribution in [0.3, 0.4) is 0 Å². The number of rotatable bonds is 7. The average Bonchev–Trinajstić information content (AvgIpc) is 2.69. The van der Waals surface area contributed by atoms with Gasteiger partial charge in [-0.1, -0.05) is 52.3 Å². The molecule has 5 nitrogen and oxygen atoms in total. The topological polar surface area (TPSA) is 67.4 Å². The van der Waals surface area contributed by atoms with Gasteiger partial charge in [-0.2, -0.15) is 0 Å². The largest absolute Gasteiger partial charge is 0.484 e. The number of carbonyl (C=O) groups is 2. The summed E-state index contributed by atoms with van der Waals surface area (Å²) in [6.45, 7) is -0.120. The third kappa shape index (κ3) is 6.25. The first-order chi connectivity index (χ1) is 13.6. The Bertz CT molecular complexity index is 944. The van der Waals surface area contributed by atoms with Crippen molar-refractivity contribution in [3.05, 3.63) is 88.9 Å². The van der Waals surface area contributed by atoms with Gasteiger partial charge in [0.2, 0.25) is 5.91 Å². The molecule has 0 fully saturated rings. The average molecular weight is 439 g/mol. The number of amides is 2. The van der Waals surface area contributed by atoms with E-state index in [-0.39, 0.29) is 24.8 Å². The molecule has 0 unspecified atom stereocenters. The third-order valence-electron chi connectivity index (χ3n) is 3.82. The zero-order valence-electron chi connectivity index (χ0n) is 15.0. The van der Waals surface area contributed by atoms with Crippen LogP contribution in [0.1, 0.15) is 5.56 Å². The molecule has 0 spiro atoms. The summed E-state index contributed by atoms with van der Waals surface area (Å²) in [4.78, 5) is 24.2. The maximum atomic E-state index is 12.2. The summed E-state index contributed by atoms with van der Waals surface area (Å²) >= 11 is 3.37. The van der Waals surface area contributed by atoms with Crippen molar-refractivity contribution in [2.45, 2.75) is 6.42 Å². The number of carbonyl (C=O) groups excluding carboxylic acids is 2. The van der Waals surface area contributed by atoms with Gasteiger partial charge in [-0.05, 0) is 42.0 Å². The van der Waals surface area contributed by atoms with Gasteiger partial charge >= 0.3 is 0 Å². The van der Waals surface area contributed by atoms with Gasteiger partial charge < -0.3 is 15.4 Å². The molecule has 2 N–H and O–H groups in total. The first-order valence-electron chi connectivity index (χ1n) is 8.70. The van der Waals surface area contributed by atoms with Gasteiger partial charge in [0.05, 0.1) is 6.42 Å². The zero-order valence-corrected chi connectivity index (χ0v) is 16.6. The lowest BCUT2D eigenvalue weighted by Crippen LogP contribution is -2.20. The van der Waals surface area contributed by atoms with Crippen LogP contribution < -0.4 is 15.4 Å². The zero-order chi connectivity index (χ0) is 19.8. The molecule has 2 amide bonds. The summed E-state index contributed by atoms with van der Waals surface area (Å²) in [5, 5.41) is 5.59. The molecule has 0 atom stereocenters. The molecule has 0 aliphatic carbocycles. The summed E-state index contributed by atoms with van der Waals surface area (Å²) in [5.41, 5.74) is 2.25. The Labute approximate surface area is 171 Å². The molecule has 0 saturated heterocycles. The summed E-state index contributed by atoms with van der Waals surface area (Å²) in [6, 6.07) is 23.7. The molecule has 142 valence electrons. The molecule has 0 aromatic heterocycles. The Hall–Kier alpha value is -3.12. The maximum absolute atomic E-state index is 12.2. The maximum Gasteiger partial charge on any atom is 0.262 e. The number of hydrogen-bond acceptors (Lipinski definition) is 3. The van der Waals surface area contributed by atoms with E-state index in [1.54, 1.807) is 36.4 Å². The van der Waals surface area contributed by atoms with Gasteiger partial charge in [0, 0.05) is 21.9 Å². The second kappa shape index (κ2) is 9.71. The molecule has 0 aliphatic heterocycles. The van der Waals surface area contributed by atoms with Crippen molar-refractivity contribution < 1.29 is 14.3 Å². The minimum Gasteiger partial charge on any atom is -0.484 e. The van der Waals surface area contributed by atoms with Crippen LogP contribution >= 0.6 is 15.9 Å². The molecule has 6 heteroatoms. The van der Waals surface area contributed by atoms with Crippen LogP contribution in [-0.4, -0.2) is 18.4 Å². The number of hydrogen-bond donors (Lipinski definition) is 2. The van der Waals surface area contributed by atoms with E-state index in [0.717, 1.165) is 10.0 Å². The molecule has 3 rings (SSSR count). The van der Waals surface area contributed by atoms with E-state index in [4.69, 9.17) is 4.74 Å². The van der Waals surface area contributed by atoms with Crippen LogP contribution in [-0.2, 0) is 16.0 Å². The lowest BCUT2D eigenvalue weighted by molar-refractivity contribution is -0.118. The number of nitrogens with one attached hydrogen (secondary N) is 2. The Morgan fingerprint density at radius 1 is 0.786 bits per heavy atom. The molecule has 0 saturated carbocycles. The molecular weight excluding hydrogens is 420 g/mol. The summed E-state index contributed by atoms with van der Waals surface area (Å²) in [5.74, 6) is 0.127. The van der Waals surface area contributed by atoms with E-state index >= 15 is 0 Å². The summed E-state index contributed by atoms with van der Waals surface area (Å²) in [7, 11) is 0. The van der Waals surface area contributed by atoms with Crippen molar-refractivity contribution in [1.29, 1.82) is 0 Å². The fourth-order valence-electron chi connectivity index (χ4n) is 2.52. The van der Waals surface area contributed by atoms with E-state index in [0.29, 0.717) is 17.1 Å². The second-order valence-corrected chi connectivity index (χ2v) is 7.00. The summed E-state index contributed by atoms with van der Waals surface area (Å²) < 4.78 is 6.50. The van der Waals surface area contributed by atoms with Gasteiger partial charge in [0.1, 0.15) is 5.75 Å². The number of anilines is 2. The van der Waals surface area contributed by atoms with Crippen molar-refractivity contribution in [3.63, 3.8) is 0 Å². The standard InChI is InChI=1S/C22H19BrN2O3/c23-17-11-9-16(10-12-17)13-21(26)25-19-7-4-8-20(14-19)28-15-22(27)24-18-5-2-1-3-6-18/h1-12,14H,13,15H2,(H,24,27)(H,25,26). The SMILES string of the molecule is O=C(COc1cccc(NC(=O)Cc2ccc(Br)cc2)c1)Nc1ccccc1. The number of halogens is 1. The molecular formula is C22H19BrN2O3. The predicted octanol–water partition coefficient (Wildman–Crippen LogP) is 4.65. The van der Waals surface area contributed by atoms with Crippen LogP contribution in [0.15, 0.2) is 83.3 Å². The highest BCUT2D eigenvalue weighted by molar-refractivity contribution is 9.10. The molecule has 0 radical (unpaired) electrons. The molecule has 0 aliphatic rings. The second-order valence-electron chi connectivity index (χ2n) is 6.08. The minimum atomic E-state index is -0.254. The Morgan fingerprint density at radius 2 is 1.46 bits per heavy atom. The van der Waals surface area contributed by atoms with E-state index in [2.05, 4.69) is 26.6 Å². The highest BCUT2D eigenvalue weighted by Gasteiger charge is 2.07. The van der Waals surface area contributed by atoms with E-state index in [1.807, 2.05) is 42.5 Å². The Morgan fingerprint density at radius 3 is 2.21 bits per heavy atom. The molecule has 3 aromatic carbocycles. The molecule has 28 heavy (non-hydrogen) atoms. The van der Waals surface area contributed by atoms with Crippen molar-refractivity contribution in [2.24, 2.45) is 0 Å². The monoisotopic (exact) mass is 438 g/mol. The van der Waals surface area contributed by atoms with E-state index in [9.17, 15) is 9.59 Å². The number of para-hydroxylation sites is 1. The number of ether oxygens (including phenoxy) is 1. The van der Waals surface area contributed by atoms with Crippen molar-refractivity contribution >= 4 is 39.1 Å². The third-order valence-corrected chi connectivity index (χ3v) is 4.35. The predicted molar refractivity (Wildman–Crippen MR) is 113 cm³/mol. The van der Waals surface area contributed by atoms with Gasteiger partial charge in [0.25, 0.3) is 5.91 Å². The minimum absolute atomic E-state index is 0.120.